The first kappa shape index (κ1) is 9.95. The van der Waals surface area contributed by atoms with Crippen LogP contribution in [0.1, 0.15) is 12.8 Å². The van der Waals surface area contributed by atoms with Crippen LogP contribution in [0.5, 0.6) is 0 Å². The van der Waals surface area contributed by atoms with Gasteiger partial charge in [0.25, 0.3) is 0 Å². The average molecular weight is 193 g/mol. The third-order valence-electron chi connectivity index (χ3n) is 2.01. The van der Waals surface area contributed by atoms with Gasteiger partial charge in [0.1, 0.15) is 0 Å². The van der Waals surface area contributed by atoms with E-state index < -0.39 is 9.84 Å². The van der Waals surface area contributed by atoms with E-state index in [1.807, 2.05) is 0 Å². The molecule has 1 fully saturated rings. The van der Waals surface area contributed by atoms with Crippen LogP contribution in [0.2, 0.25) is 0 Å². The monoisotopic (exact) mass is 193 g/mol. The van der Waals surface area contributed by atoms with Gasteiger partial charge in [-0.3, -0.25) is 0 Å². The summed E-state index contributed by atoms with van der Waals surface area (Å²) in [5.41, 5.74) is 0. The van der Waals surface area contributed by atoms with Gasteiger partial charge in [-0.1, -0.05) is 0 Å². The Morgan fingerprint density at radius 2 is 2.25 bits per heavy atom. The van der Waals surface area contributed by atoms with Crippen molar-refractivity contribution < 1.29 is 13.5 Å². The van der Waals surface area contributed by atoms with Gasteiger partial charge < -0.3 is 10.4 Å². The van der Waals surface area contributed by atoms with Crippen molar-refractivity contribution in [2.75, 3.05) is 24.7 Å². The van der Waals surface area contributed by atoms with Crippen molar-refractivity contribution in [2.45, 2.75) is 18.9 Å². The van der Waals surface area contributed by atoms with E-state index in [-0.39, 0.29) is 24.2 Å². The van der Waals surface area contributed by atoms with Gasteiger partial charge in [-0.05, 0) is 12.8 Å². The first-order chi connectivity index (χ1) is 5.64. The molecule has 0 saturated carbocycles. The lowest BCUT2D eigenvalue weighted by Gasteiger charge is -2.23. The van der Waals surface area contributed by atoms with Crippen LogP contribution in [0, 0.1) is 0 Å². The SMILES string of the molecule is O=S1(=O)CCNC(CCCO)C1. The molecule has 1 heterocycles. The molecule has 72 valence electrons. The lowest BCUT2D eigenvalue weighted by Crippen LogP contribution is -2.44. The summed E-state index contributed by atoms with van der Waals surface area (Å²) in [5.74, 6) is 0.482. The molecule has 5 heteroatoms. The van der Waals surface area contributed by atoms with Crippen molar-refractivity contribution in [3.63, 3.8) is 0 Å². The molecule has 12 heavy (non-hydrogen) atoms. The third-order valence-corrected chi connectivity index (χ3v) is 3.75. The summed E-state index contributed by atoms with van der Waals surface area (Å²) >= 11 is 0. The van der Waals surface area contributed by atoms with E-state index in [9.17, 15) is 8.42 Å². The Morgan fingerprint density at radius 3 is 2.83 bits per heavy atom. The lowest BCUT2D eigenvalue weighted by molar-refractivity contribution is 0.276. The van der Waals surface area contributed by atoms with Gasteiger partial charge in [-0.25, -0.2) is 8.42 Å². The van der Waals surface area contributed by atoms with E-state index in [0.717, 1.165) is 6.42 Å². The highest BCUT2D eigenvalue weighted by Crippen LogP contribution is 2.06. The zero-order chi connectivity index (χ0) is 9.03. The van der Waals surface area contributed by atoms with E-state index in [4.69, 9.17) is 5.11 Å². The van der Waals surface area contributed by atoms with Crippen LogP contribution in [-0.2, 0) is 9.84 Å². The Bertz CT molecular complexity index is 225. The second-order valence-electron chi connectivity index (χ2n) is 3.13. The number of nitrogens with one attached hydrogen (secondary N) is 1. The molecule has 0 aliphatic carbocycles. The van der Waals surface area contributed by atoms with Crippen LogP contribution in [0.3, 0.4) is 0 Å². The van der Waals surface area contributed by atoms with Crippen LogP contribution in [0.15, 0.2) is 0 Å². The minimum Gasteiger partial charge on any atom is -0.396 e. The lowest BCUT2D eigenvalue weighted by atomic mass is 10.2. The number of sulfone groups is 1. The number of hydrogen-bond donors (Lipinski definition) is 2. The minimum absolute atomic E-state index is 0.0518. The molecular formula is C7H15NO3S. The largest absolute Gasteiger partial charge is 0.396 e. The first-order valence-electron chi connectivity index (χ1n) is 4.19. The fourth-order valence-corrected chi connectivity index (χ4v) is 2.88. The van der Waals surface area contributed by atoms with Crippen LogP contribution < -0.4 is 5.32 Å². The summed E-state index contributed by atoms with van der Waals surface area (Å²) in [6.45, 7) is 0.691. The second-order valence-corrected chi connectivity index (χ2v) is 5.36. The smallest absolute Gasteiger partial charge is 0.153 e. The quantitative estimate of drug-likeness (QED) is 0.612. The molecule has 1 aliphatic heterocycles. The van der Waals surface area contributed by atoms with Gasteiger partial charge in [0.05, 0.1) is 11.5 Å². The predicted octanol–water partition coefficient (Wildman–Crippen LogP) is -0.854. The molecule has 0 aromatic heterocycles. The molecule has 0 aromatic rings. The maximum Gasteiger partial charge on any atom is 0.153 e. The summed E-state index contributed by atoms with van der Waals surface area (Å²) in [5, 5.41) is 11.7. The number of aliphatic hydroxyl groups is 1. The molecule has 1 atom stereocenters. The molecule has 1 unspecified atom stereocenters. The molecule has 1 aliphatic rings. The number of aliphatic hydroxyl groups excluding tert-OH is 1. The van der Waals surface area contributed by atoms with Crippen molar-refractivity contribution in [1.82, 2.24) is 5.32 Å². The Kier molecular flexibility index (Phi) is 3.49. The van der Waals surface area contributed by atoms with Gasteiger partial charge in [0, 0.05) is 19.2 Å². The zero-order valence-corrected chi connectivity index (χ0v) is 7.81. The third kappa shape index (κ3) is 3.08. The molecule has 4 nitrogen and oxygen atoms in total. The summed E-state index contributed by atoms with van der Waals surface area (Å²) < 4.78 is 22.2. The van der Waals surface area contributed by atoms with Crippen molar-refractivity contribution >= 4 is 9.84 Å². The topological polar surface area (TPSA) is 66.4 Å². The van der Waals surface area contributed by atoms with E-state index in [0.29, 0.717) is 13.0 Å². The molecule has 0 amide bonds. The summed E-state index contributed by atoms with van der Waals surface area (Å²) in [7, 11) is -2.81. The highest BCUT2D eigenvalue weighted by atomic mass is 32.2. The fourth-order valence-electron chi connectivity index (χ4n) is 1.39. The van der Waals surface area contributed by atoms with Gasteiger partial charge in [-0.15, -0.1) is 0 Å². The molecule has 0 aromatic carbocycles. The molecule has 0 spiro atoms. The maximum atomic E-state index is 11.1. The standard InChI is InChI=1S/C7H15NO3S/c9-4-1-2-7-6-12(10,11)5-3-8-7/h7-9H,1-6H2. The summed E-state index contributed by atoms with van der Waals surface area (Å²) in [6.07, 6.45) is 1.42. The fraction of sp³-hybridized carbons (Fsp3) is 1.00. The van der Waals surface area contributed by atoms with Crippen molar-refractivity contribution in [2.24, 2.45) is 0 Å². The van der Waals surface area contributed by atoms with Gasteiger partial charge in [-0.2, -0.15) is 0 Å². The first-order valence-corrected chi connectivity index (χ1v) is 6.01. The van der Waals surface area contributed by atoms with Crippen molar-refractivity contribution in [3.05, 3.63) is 0 Å². The Morgan fingerprint density at radius 1 is 1.50 bits per heavy atom. The summed E-state index contributed by atoms with van der Waals surface area (Å²) in [4.78, 5) is 0. The molecule has 0 radical (unpaired) electrons. The van der Waals surface area contributed by atoms with E-state index in [2.05, 4.69) is 5.32 Å². The molecule has 0 bridgehead atoms. The van der Waals surface area contributed by atoms with Crippen molar-refractivity contribution in [1.29, 1.82) is 0 Å². The van der Waals surface area contributed by atoms with Crippen LogP contribution in [-0.4, -0.2) is 44.2 Å². The average Bonchev–Trinajstić information content (AvgIpc) is 1.99. The maximum absolute atomic E-state index is 11.1. The zero-order valence-electron chi connectivity index (χ0n) is 6.99. The highest BCUT2D eigenvalue weighted by Gasteiger charge is 2.23. The van der Waals surface area contributed by atoms with Crippen LogP contribution >= 0.6 is 0 Å². The summed E-state index contributed by atoms with van der Waals surface area (Å²) in [6, 6.07) is 0.0518. The molecule has 2 N–H and O–H groups in total. The van der Waals surface area contributed by atoms with Gasteiger partial charge >= 0.3 is 0 Å². The number of rotatable bonds is 3. The van der Waals surface area contributed by atoms with Crippen LogP contribution in [0.4, 0.5) is 0 Å². The normalized spacial score (nSPS) is 28.6. The minimum atomic E-state index is -2.81. The highest BCUT2D eigenvalue weighted by molar-refractivity contribution is 7.91. The second kappa shape index (κ2) is 4.20. The number of hydrogen-bond acceptors (Lipinski definition) is 4. The predicted molar refractivity (Wildman–Crippen MR) is 46.8 cm³/mol. The molecule has 1 saturated heterocycles. The Balaban J connectivity index is 2.36. The van der Waals surface area contributed by atoms with E-state index >= 15 is 0 Å². The van der Waals surface area contributed by atoms with E-state index in [1.165, 1.54) is 0 Å². The molecular weight excluding hydrogens is 178 g/mol. The van der Waals surface area contributed by atoms with Gasteiger partial charge in [0.15, 0.2) is 9.84 Å². The Hall–Kier alpha value is -0.130. The van der Waals surface area contributed by atoms with Crippen LogP contribution in [0.25, 0.3) is 0 Å². The molecule has 1 rings (SSSR count). The Labute approximate surface area is 72.9 Å². The van der Waals surface area contributed by atoms with Crippen molar-refractivity contribution in [3.8, 4) is 0 Å². The van der Waals surface area contributed by atoms with Gasteiger partial charge in [0.2, 0.25) is 0 Å². The van der Waals surface area contributed by atoms with E-state index in [1.54, 1.807) is 0 Å².